The van der Waals surface area contributed by atoms with Crippen molar-refractivity contribution in [1.82, 2.24) is 0 Å². The van der Waals surface area contributed by atoms with E-state index in [9.17, 15) is 24.6 Å². The fourth-order valence-corrected chi connectivity index (χ4v) is 1.98. The molecular formula is C15H13FN4O5. The quantitative estimate of drug-likeness (QED) is 0.485. The van der Waals surface area contributed by atoms with Crippen molar-refractivity contribution in [2.24, 2.45) is 5.10 Å². The first-order valence-corrected chi connectivity index (χ1v) is 6.90. The van der Waals surface area contributed by atoms with Gasteiger partial charge in [0.2, 0.25) is 0 Å². The lowest BCUT2D eigenvalue weighted by Crippen LogP contribution is -2.03. The normalized spacial score (nSPS) is 11.1. The molecule has 0 aliphatic heterocycles. The van der Waals surface area contributed by atoms with Gasteiger partial charge in [-0.25, -0.2) is 4.39 Å². The number of hydrogen-bond donors (Lipinski definition) is 1. The molecule has 2 aromatic carbocycles. The van der Waals surface area contributed by atoms with Gasteiger partial charge in [-0.3, -0.25) is 25.7 Å². The number of non-ortho nitro benzene ring substituents is 1. The zero-order valence-corrected chi connectivity index (χ0v) is 13.2. The highest BCUT2D eigenvalue weighted by atomic mass is 19.1. The Bertz CT molecular complexity index is 869. The summed E-state index contributed by atoms with van der Waals surface area (Å²) in [6, 6.07) is 7.35. The molecule has 10 heteroatoms. The molecule has 0 radical (unpaired) electrons. The smallest absolute Gasteiger partial charge is 0.301 e. The van der Waals surface area contributed by atoms with Gasteiger partial charge in [-0.05, 0) is 31.2 Å². The van der Waals surface area contributed by atoms with Crippen molar-refractivity contribution < 1.29 is 19.0 Å². The minimum absolute atomic E-state index is 0.0241. The van der Waals surface area contributed by atoms with Crippen molar-refractivity contribution in [2.75, 3.05) is 12.5 Å². The third-order valence-electron chi connectivity index (χ3n) is 3.30. The second-order valence-corrected chi connectivity index (χ2v) is 4.87. The van der Waals surface area contributed by atoms with Crippen LogP contribution in [0.25, 0.3) is 0 Å². The number of anilines is 1. The van der Waals surface area contributed by atoms with E-state index < -0.39 is 27.0 Å². The fourth-order valence-electron chi connectivity index (χ4n) is 1.98. The molecule has 0 unspecified atom stereocenters. The molecule has 0 atom stereocenters. The Balaban J connectivity index is 2.30. The van der Waals surface area contributed by atoms with Crippen LogP contribution >= 0.6 is 0 Å². The molecule has 0 aliphatic rings. The van der Waals surface area contributed by atoms with Crippen LogP contribution in [-0.4, -0.2) is 22.7 Å². The maximum absolute atomic E-state index is 13.7. The van der Waals surface area contributed by atoms with Crippen LogP contribution in [0.1, 0.15) is 12.5 Å². The lowest BCUT2D eigenvalue weighted by molar-refractivity contribution is -0.393. The van der Waals surface area contributed by atoms with E-state index in [0.717, 1.165) is 12.1 Å². The van der Waals surface area contributed by atoms with Crippen LogP contribution in [0.4, 0.5) is 21.5 Å². The highest BCUT2D eigenvalue weighted by Crippen LogP contribution is 2.29. The molecule has 2 rings (SSSR count). The van der Waals surface area contributed by atoms with Gasteiger partial charge in [0, 0.05) is 11.6 Å². The summed E-state index contributed by atoms with van der Waals surface area (Å²) in [5.74, 6) is -0.494. The average molecular weight is 348 g/mol. The van der Waals surface area contributed by atoms with Gasteiger partial charge in [-0.1, -0.05) is 0 Å². The Kier molecular flexibility index (Phi) is 5.22. The van der Waals surface area contributed by atoms with E-state index >= 15 is 0 Å². The van der Waals surface area contributed by atoms with Gasteiger partial charge in [0.25, 0.3) is 5.69 Å². The number of hydrogen-bond acceptors (Lipinski definition) is 7. The van der Waals surface area contributed by atoms with Gasteiger partial charge >= 0.3 is 5.69 Å². The summed E-state index contributed by atoms with van der Waals surface area (Å²) in [7, 11) is 1.34. The molecule has 25 heavy (non-hydrogen) atoms. The number of halogens is 1. The lowest BCUT2D eigenvalue weighted by atomic mass is 10.1. The van der Waals surface area contributed by atoms with Crippen molar-refractivity contribution in [2.45, 2.75) is 6.92 Å². The molecule has 0 aromatic heterocycles. The topological polar surface area (TPSA) is 120 Å². The third-order valence-corrected chi connectivity index (χ3v) is 3.30. The number of nitrogens with one attached hydrogen (secondary N) is 1. The summed E-state index contributed by atoms with van der Waals surface area (Å²) < 4.78 is 18.5. The molecule has 0 heterocycles. The third kappa shape index (κ3) is 4.05. The van der Waals surface area contributed by atoms with Gasteiger partial charge in [0.05, 0.1) is 28.7 Å². The zero-order valence-electron chi connectivity index (χ0n) is 13.2. The SMILES string of the molecule is COc1ccc(/C(C)=N/Nc2ccc([N+](=O)[O-])cc2[N+](=O)[O-])cc1F. The zero-order chi connectivity index (χ0) is 18.6. The first-order chi connectivity index (χ1) is 11.8. The molecular weight excluding hydrogens is 335 g/mol. The van der Waals surface area contributed by atoms with E-state index in [1.807, 2.05) is 0 Å². The van der Waals surface area contributed by atoms with E-state index in [1.54, 1.807) is 13.0 Å². The van der Waals surface area contributed by atoms with Crippen molar-refractivity contribution in [3.8, 4) is 5.75 Å². The Hall–Kier alpha value is -3.56. The summed E-state index contributed by atoms with van der Waals surface area (Å²) in [5.41, 5.74) is 2.35. The lowest BCUT2D eigenvalue weighted by Gasteiger charge is -2.06. The second kappa shape index (κ2) is 7.34. The largest absolute Gasteiger partial charge is 0.494 e. The number of rotatable bonds is 6. The highest BCUT2D eigenvalue weighted by Gasteiger charge is 2.19. The van der Waals surface area contributed by atoms with E-state index in [1.165, 1.54) is 25.3 Å². The fraction of sp³-hybridized carbons (Fsp3) is 0.133. The maximum Gasteiger partial charge on any atom is 0.301 e. The Morgan fingerprint density at radius 1 is 1.16 bits per heavy atom. The molecule has 0 saturated carbocycles. The first-order valence-electron chi connectivity index (χ1n) is 6.90. The summed E-state index contributed by atoms with van der Waals surface area (Å²) in [5, 5.41) is 25.7. The number of nitro benzene ring substituents is 2. The number of nitro groups is 2. The minimum Gasteiger partial charge on any atom is -0.494 e. The Morgan fingerprint density at radius 2 is 1.88 bits per heavy atom. The van der Waals surface area contributed by atoms with E-state index in [0.29, 0.717) is 11.3 Å². The van der Waals surface area contributed by atoms with Gasteiger partial charge < -0.3 is 4.74 Å². The van der Waals surface area contributed by atoms with E-state index in [-0.39, 0.29) is 11.4 Å². The average Bonchev–Trinajstić information content (AvgIpc) is 2.59. The first kappa shape index (κ1) is 17.8. The van der Waals surface area contributed by atoms with Crippen molar-refractivity contribution in [3.63, 3.8) is 0 Å². The van der Waals surface area contributed by atoms with Gasteiger partial charge in [0.15, 0.2) is 11.6 Å². The van der Waals surface area contributed by atoms with Crippen LogP contribution in [0.2, 0.25) is 0 Å². The van der Waals surface area contributed by atoms with Crippen molar-refractivity contribution in [3.05, 3.63) is 68.0 Å². The highest BCUT2D eigenvalue weighted by molar-refractivity contribution is 5.99. The monoisotopic (exact) mass is 348 g/mol. The number of hydrazone groups is 1. The molecule has 0 fully saturated rings. The van der Waals surface area contributed by atoms with Gasteiger partial charge in [-0.15, -0.1) is 0 Å². The van der Waals surface area contributed by atoms with Crippen LogP contribution in [0, 0.1) is 26.0 Å². The number of benzene rings is 2. The Labute approximate surface area is 141 Å². The van der Waals surface area contributed by atoms with Crippen LogP contribution in [-0.2, 0) is 0 Å². The summed E-state index contributed by atoms with van der Waals surface area (Å²) in [6.45, 7) is 1.57. The molecule has 130 valence electrons. The van der Waals surface area contributed by atoms with Crippen LogP contribution in [0.5, 0.6) is 5.75 Å². The van der Waals surface area contributed by atoms with Gasteiger partial charge in [0.1, 0.15) is 5.69 Å². The van der Waals surface area contributed by atoms with Crippen LogP contribution < -0.4 is 10.2 Å². The molecule has 2 aromatic rings. The van der Waals surface area contributed by atoms with Crippen molar-refractivity contribution in [1.29, 1.82) is 0 Å². The summed E-state index contributed by atoms with van der Waals surface area (Å²) >= 11 is 0. The maximum atomic E-state index is 13.7. The molecule has 0 amide bonds. The molecule has 0 bridgehead atoms. The molecule has 9 nitrogen and oxygen atoms in total. The minimum atomic E-state index is -0.757. The predicted molar refractivity (Wildman–Crippen MR) is 88.5 cm³/mol. The predicted octanol–water partition coefficient (Wildman–Crippen LogP) is 3.49. The molecule has 0 spiro atoms. The standard InChI is InChI=1S/C15H13FN4O5/c1-9(10-3-6-15(25-2)12(16)7-10)17-18-13-5-4-11(19(21)22)8-14(13)20(23)24/h3-8,18H,1-2H3/b17-9+. The van der Waals surface area contributed by atoms with Crippen LogP contribution in [0.15, 0.2) is 41.5 Å². The number of nitrogens with zero attached hydrogens (tertiary/aromatic N) is 3. The number of ether oxygens (including phenoxy) is 1. The summed E-state index contributed by atoms with van der Waals surface area (Å²) in [6.07, 6.45) is 0. The summed E-state index contributed by atoms with van der Waals surface area (Å²) in [4.78, 5) is 20.3. The van der Waals surface area contributed by atoms with Crippen LogP contribution in [0.3, 0.4) is 0 Å². The second-order valence-electron chi connectivity index (χ2n) is 4.87. The van der Waals surface area contributed by atoms with E-state index in [2.05, 4.69) is 10.5 Å². The number of methoxy groups -OCH3 is 1. The molecule has 1 N–H and O–H groups in total. The molecule has 0 saturated heterocycles. The Morgan fingerprint density at radius 3 is 2.44 bits per heavy atom. The van der Waals surface area contributed by atoms with E-state index in [4.69, 9.17) is 4.74 Å². The molecule has 0 aliphatic carbocycles. The van der Waals surface area contributed by atoms with Gasteiger partial charge in [-0.2, -0.15) is 5.10 Å². The van der Waals surface area contributed by atoms with Crippen molar-refractivity contribution >= 4 is 22.8 Å².